The van der Waals surface area contributed by atoms with Gasteiger partial charge in [0, 0.05) is 6.42 Å². The maximum Gasteiger partial charge on any atom is 0.303 e. The van der Waals surface area contributed by atoms with Gasteiger partial charge in [0.1, 0.15) is 6.04 Å². The van der Waals surface area contributed by atoms with Gasteiger partial charge in [-0.1, -0.05) is 50.2 Å². The molecule has 0 saturated heterocycles. The molecule has 1 unspecified atom stereocenters. The first-order chi connectivity index (χ1) is 8.84. The largest absolute Gasteiger partial charge is 0.481 e. The molecule has 0 aliphatic heterocycles. The number of nitrogens with zero attached hydrogens (tertiary/aromatic N) is 1. The first-order valence-corrected chi connectivity index (χ1v) is 6.49. The van der Waals surface area contributed by atoms with Gasteiger partial charge in [-0.25, -0.2) is 0 Å². The fourth-order valence-electron chi connectivity index (χ4n) is 1.93. The minimum Gasteiger partial charge on any atom is -0.481 e. The van der Waals surface area contributed by atoms with Crippen LogP contribution < -0.4 is 0 Å². The number of hydrogen-bond donors (Lipinski definition) is 1. The average Bonchev–Trinajstić information content (AvgIpc) is 2.33. The van der Waals surface area contributed by atoms with E-state index in [-0.39, 0.29) is 11.8 Å². The molecule has 0 aliphatic rings. The zero-order valence-corrected chi connectivity index (χ0v) is 11.7. The molecule has 1 aromatic carbocycles. The quantitative estimate of drug-likeness (QED) is 0.787. The Labute approximate surface area is 113 Å². The number of carboxylic acids is 1. The maximum atomic E-state index is 10.9. The van der Waals surface area contributed by atoms with Crippen molar-refractivity contribution in [1.29, 1.82) is 0 Å². The first kappa shape index (κ1) is 15.3. The molecule has 4 heteroatoms. The molecule has 0 radical (unpaired) electrons. The average molecular weight is 263 g/mol. The monoisotopic (exact) mass is 263 g/mol. The number of rotatable bonds is 6. The molecule has 0 spiro atoms. The lowest BCUT2D eigenvalue weighted by molar-refractivity contribution is -0.137. The van der Waals surface area contributed by atoms with Crippen molar-refractivity contribution in [2.75, 3.05) is 0 Å². The van der Waals surface area contributed by atoms with Crippen LogP contribution in [0.1, 0.15) is 57.2 Å². The molecule has 0 saturated carbocycles. The fraction of sp³-hybridized carbons (Fsp3) is 0.533. The second-order valence-corrected chi connectivity index (χ2v) is 5.78. The maximum absolute atomic E-state index is 10.9. The third-order valence-electron chi connectivity index (χ3n) is 3.16. The summed E-state index contributed by atoms with van der Waals surface area (Å²) in [5, 5.41) is 11.7. The van der Waals surface area contributed by atoms with Crippen LogP contribution in [0.2, 0.25) is 0 Å². The molecule has 19 heavy (non-hydrogen) atoms. The predicted molar refractivity (Wildman–Crippen MR) is 75.2 cm³/mol. The smallest absolute Gasteiger partial charge is 0.303 e. The summed E-state index contributed by atoms with van der Waals surface area (Å²) in [7, 11) is 0. The van der Waals surface area contributed by atoms with Crippen molar-refractivity contribution in [2.45, 2.75) is 51.5 Å². The third-order valence-corrected chi connectivity index (χ3v) is 3.16. The van der Waals surface area contributed by atoms with Crippen LogP contribution in [-0.4, -0.2) is 11.1 Å². The Balaban J connectivity index is 2.71. The van der Waals surface area contributed by atoms with Crippen molar-refractivity contribution in [2.24, 2.45) is 5.18 Å². The molecule has 0 aliphatic carbocycles. The molecule has 0 amide bonds. The lowest BCUT2D eigenvalue weighted by Gasteiger charge is -2.19. The van der Waals surface area contributed by atoms with Gasteiger partial charge in [-0.05, 0) is 29.4 Å². The minimum atomic E-state index is -0.840. The highest BCUT2D eigenvalue weighted by Crippen LogP contribution is 2.27. The highest BCUT2D eigenvalue weighted by molar-refractivity contribution is 5.66. The number of aliphatic carboxylic acids is 1. The van der Waals surface area contributed by atoms with Gasteiger partial charge in [0.2, 0.25) is 0 Å². The van der Waals surface area contributed by atoms with E-state index in [1.54, 1.807) is 0 Å². The Morgan fingerprint density at radius 1 is 1.26 bits per heavy atom. The molecule has 1 N–H and O–H groups in total. The first-order valence-electron chi connectivity index (χ1n) is 6.49. The number of carboxylic acid groups (broad SMARTS) is 1. The van der Waals surface area contributed by atoms with E-state index < -0.39 is 12.0 Å². The molecule has 1 atom stereocenters. The molecule has 4 nitrogen and oxygen atoms in total. The van der Waals surface area contributed by atoms with Gasteiger partial charge in [0.15, 0.2) is 0 Å². The lowest BCUT2D eigenvalue weighted by Crippen LogP contribution is -2.11. The molecule has 0 aromatic heterocycles. The van der Waals surface area contributed by atoms with Crippen LogP contribution in [0.5, 0.6) is 0 Å². The van der Waals surface area contributed by atoms with E-state index in [9.17, 15) is 9.70 Å². The molecule has 0 fully saturated rings. The van der Waals surface area contributed by atoms with Crippen LogP contribution in [0, 0.1) is 4.91 Å². The van der Waals surface area contributed by atoms with Crippen molar-refractivity contribution in [1.82, 2.24) is 0 Å². The summed E-state index contributed by atoms with van der Waals surface area (Å²) < 4.78 is 0. The summed E-state index contributed by atoms with van der Waals surface area (Å²) >= 11 is 0. The zero-order chi connectivity index (χ0) is 14.5. The van der Waals surface area contributed by atoms with Crippen LogP contribution in [0.3, 0.4) is 0 Å². The van der Waals surface area contributed by atoms with Gasteiger partial charge in [-0.2, -0.15) is 4.91 Å². The van der Waals surface area contributed by atoms with Gasteiger partial charge in [-0.3, -0.25) is 4.79 Å². The van der Waals surface area contributed by atoms with Crippen molar-refractivity contribution >= 4 is 5.97 Å². The Hall–Kier alpha value is -1.71. The van der Waals surface area contributed by atoms with Crippen molar-refractivity contribution in [3.8, 4) is 0 Å². The summed E-state index contributed by atoms with van der Waals surface area (Å²) in [5.41, 5.74) is 2.13. The summed E-state index contributed by atoms with van der Waals surface area (Å²) in [6.45, 7) is 6.39. The highest BCUT2D eigenvalue weighted by atomic mass is 16.4. The van der Waals surface area contributed by atoms with Crippen molar-refractivity contribution < 1.29 is 9.90 Å². The van der Waals surface area contributed by atoms with Crippen molar-refractivity contribution in [3.05, 3.63) is 40.3 Å². The van der Waals surface area contributed by atoms with Crippen LogP contribution in [0.4, 0.5) is 0 Å². The topological polar surface area (TPSA) is 66.7 Å². The highest BCUT2D eigenvalue weighted by Gasteiger charge is 2.16. The van der Waals surface area contributed by atoms with E-state index >= 15 is 0 Å². The van der Waals surface area contributed by atoms with E-state index in [4.69, 9.17) is 5.11 Å². The van der Waals surface area contributed by atoms with Gasteiger partial charge in [0.25, 0.3) is 0 Å². The SMILES string of the molecule is CC(C)(C)c1ccc(C(CCCC(=O)O)N=O)cc1. The normalized spacial score (nSPS) is 13.0. The van der Waals surface area contributed by atoms with Gasteiger partial charge >= 0.3 is 5.97 Å². The standard InChI is InChI=1S/C15H21NO3/c1-15(2,3)12-9-7-11(8-10-12)13(16-19)5-4-6-14(17)18/h7-10,13H,4-6H2,1-3H3,(H,17,18). The number of hydrogen-bond acceptors (Lipinski definition) is 3. The van der Waals surface area contributed by atoms with Crippen LogP contribution in [0.25, 0.3) is 0 Å². The van der Waals surface area contributed by atoms with E-state index in [0.29, 0.717) is 12.8 Å². The van der Waals surface area contributed by atoms with E-state index in [2.05, 4.69) is 25.9 Å². The molecule has 104 valence electrons. The molecule has 1 aromatic rings. The minimum absolute atomic E-state index is 0.0753. The van der Waals surface area contributed by atoms with Crippen LogP contribution in [0.15, 0.2) is 29.4 Å². The molecule has 0 bridgehead atoms. The Bertz CT molecular complexity index is 432. The molecule has 0 heterocycles. The third kappa shape index (κ3) is 4.81. The van der Waals surface area contributed by atoms with Crippen molar-refractivity contribution in [3.63, 3.8) is 0 Å². The van der Waals surface area contributed by atoms with E-state index in [1.165, 1.54) is 5.56 Å². The van der Waals surface area contributed by atoms with E-state index in [0.717, 1.165) is 5.56 Å². The second-order valence-electron chi connectivity index (χ2n) is 5.78. The predicted octanol–water partition coefficient (Wildman–Crippen LogP) is 4.05. The lowest BCUT2D eigenvalue weighted by atomic mass is 9.86. The van der Waals surface area contributed by atoms with Gasteiger partial charge < -0.3 is 5.11 Å². The number of benzene rings is 1. The Kier molecular flexibility index (Phi) is 5.21. The molecular weight excluding hydrogens is 242 g/mol. The fourth-order valence-corrected chi connectivity index (χ4v) is 1.93. The second kappa shape index (κ2) is 6.45. The zero-order valence-electron chi connectivity index (χ0n) is 11.7. The van der Waals surface area contributed by atoms with Crippen LogP contribution >= 0.6 is 0 Å². The Morgan fingerprint density at radius 2 is 1.84 bits per heavy atom. The summed E-state index contributed by atoms with van der Waals surface area (Å²) in [5.74, 6) is -0.840. The molecule has 1 rings (SSSR count). The summed E-state index contributed by atoms with van der Waals surface area (Å²) in [6, 6.07) is 7.38. The van der Waals surface area contributed by atoms with Gasteiger partial charge in [0.05, 0.1) is 0 Å². The van der Waals surface area contributed by atoms with Crippen LogP contribution in [-0.2, 0) is 10.2 Å². The van der Waals surface area contributed by atoms with E-state index in [1.807, 2.05) is 24.3 Å². The summed E-state index contributed by atoms with van der Waals surface area (Å²) in [6.07, 6.45) is 1.02. The number of nitroso groups, excluding NO2 is 1. The Morgan fingerprint density at radius 3 is 2.26 bits per heavy atom. The number of carbonyl (C=O) groups is 1. The summed E-state index contributed by atoms with van der Waals surface area (Å²) in [4.78, 5) is 21.3. The molecular formula is C15H21NO3. The van der Waals surface area contributed by atoms with Gasteiger partial charge in [-0.15, -0.1) is 0 Å².